The predicted octanol–water partition coefficient (Wildman–Crippen LogP) is 3.25. The lowest BCUT2D eigenvalue weighted by Gasteiger charge is -2.35. The van der Waals surface area contributed by atoms with Crippen molar-refractivity contribution in [2.24, 2.45) is 5.92 Å². The van der Waals surface area contributed by atoms with Crippen molar-refractivity contribution in [1.29, 1.82) is 0 Å². The number of nitrogens with zero attached hydrogens (tertiary/aromatic N) is 2. The van der Waals surface area contributed by atoms with Crippen LogP contribution in [-0.2, 0) is 0 Å². The minimum Gasteiger partial charge on any atom is -0.397 e. The predicted molar refractivity (Wildman–Crippen MR) is 111 cm³/mol. The summed E-state index contributed by atoms with van der Waals surface area (Å²) >= 11 is 0. The molecule has 1 aromatic rings. The van der Waals surface area contributed by atoms with Gasteiger partial charge in [0.15, 0.2) is 0 Å². The van der Waals surface area contributed by atoms with Crippen molar-refractivity contribution in [2.45, 2.75) is 57.4 Å². The van der Waals surface area contributed by atoms with Gasteiger partial charge in [-0.2, -0.15) is 0 Å². The maximum atomic E-state index is 12.2. The van der Waals surface area contributed by atoms with E-state index in [0.717, 1.165) is 43.2 Å². The third kappa shape index (κ3) is 4.95. The SMILES string of the molecule is Nc1cc(C(=O)NC2CC2)ccc1N1CCC(CCN2CCCCC2)CC1. The molecule has 5 nitrogen and oxygen atoms in total. The molecule has 2 saturated heterocycles. The maximum Gasteiger partial charge on any atom is 0.251 e. The van der Waals surface area contributed by atoms with Crippen molar-refractivity contribution in [3.05, 3.63) is 23.8 Å². The van der Waals surface area contributed by atoms with Crippen molar-refractivity contribution in [3.63, 3.8) is 0 Å². The van der Waals surface area contributed by atoms with E-state index < -0.39 is 0 Å². The highest BCUT2D eigenvalue weighted by Crippen LogP contribution is 2.30. The first-order valence-electron chi connectivity index (χ1n) is 10.9. The van der Waals surface area contributed by atoms with Gasteiger partial charge in [0.2, 0.25) is 0 Å². The first-order chi connectivity index (χ1) is 13.2. The van der Waals surface area contributed by atoms with Crippen molar-refractivity contribution < 1.29 is 4.79 Å². The Balaban J connectivity index is 1.26. The Bertz CT molecular complexity index is 644. The molecule has 27 heavy (non-hydrogen) atoms. The van der Waals surface area contributed by atoms with Crippen molar-refractivity contribution in [3.8, 4) is 0 Å². The van der Waals surface area contributed by atoms with Crippen LogP contribution in [-0.4, -0.2) is 49.6 Å². The first-order valence-corrected chi connectivity index (χ1v) is 10.9. The van der Waals surface area contributed by atoms with Crippen LogP contribution in [0.4, 0.5) is 11.4 Å². The van der Waals surface area contributed by atoms with Gasteiger partial charge in [0.25, 0.3) is 5.91 Å². The van der Waals surface area contributed by atoms with Crippen molar-refractivity contribution in [2.75, 3.05) is 43.4 Å². The fourth-order valence-corrected chi connectivity index (χ4v) is 4.49. The molecule has 0 aromatic heterocycles. The van der Waals surface area contributed by atoms with Crippen LogP contribution in [0, 0.1) is 5.92 Å². The first kappa shape index (κ1) is 18.6. The number of carbonyl (C=O) groups excluding carboxylic acids is 1. The van der Waals surface area contributed by atoms with E-state index >= 15 is 0 Å². The van der Waals surface area contributed by atoms with Gasteiger partial charge in [0.1, 0.15) is 0 Å². The lowest BCUT2D eigenvalue weighted by Crippen LogP contribution is -2.36. The third-order valence-corrected chi connectivity index (χ3v) is 6.46. The zero-order chi connectivity index (χ0) is 18.6. The molecule has 0 atom stereocenters. The standard InChI is InChI=1S/C22H34N4O/c23-20-16-18(22(27)24-19-5-6-19)4-7-21(20)26-14-9-17(10-15-26)8-13-25-11-2-1-3-12-25/h4,7,16-17,19H,1-3,5-6,8-15,23H2,(H,24,27). The molecule has 4 rings (SSSR count). The number of rotatable bonds is 6. The minimum absolute atomic E-state index is 0.00664. The fourth-order valence-electron chi connectivity index (χ4n) is 4.49. The highest BCUT2D eigenvalue weighted by molar-refractivity contribution is 5.96. The molecule has 3 fully saturated rings. The Morgan fingerprint density at radius 3 is 2.44 bits per heavy atom. The number of nitrogens with one attached hydrogen (secondary N) is 1. The summed E-state index contributed by atoms with van der Waals surface area (Å²) in [5.41, 5.74) is 8.80. The fraction of sp³-hybridized carbons (Fsp3) is 0.682. The molecule has 2 aliphatic heterocycles. The average Bonchev–Trinajstić information content (AvgIpc) is 3.51. The van der Waals surface area contributed by atoms with Crippen LogP contribution in [0.1, 0.15) is 61.7 Å². The molecule has 5 heteroatoms. The van der Waals surface area contributed by atoms with Gasteiger partial charge in [0.05, 0.1) is 11.4 Å². The summed E-state index contributed by atoms with van der Waals surface area (Å²) in [6, 6.07) is 6.18. The Morgan fingerprint density at radius 1 is 1.04 bits per heavy atom. The molecule has 2 heterocycles. The maximum absolute atomic E-state index is 12.2. The zero-order valence-electron chi connectivity index (χ0n) is 16.5. The Morgan fingerprint density at radius 2 is 1.78 bits per heavy atom. The van der Waals surface area contributed by atoms with Crippen LogP contribution in [0.3, 0.4) is 0 Å². The summed E-state index contributed by atoms with van der Waals surface area (Å²) in [4.78, 5) is 17.2. The second-order valence-corrected chi connectivity index (χ2v) is 8.64. The third-order valence-electron chi connectivity index (χ3n) is 6.46. The second-order valence-electron chi connectivity index (χ2n) is 8.64. The van der Waals surface area contributed by atoms with Crippen LogP contribution in [0.25, 0.3) is 0 Å². The van der Waals surface area contributed by atoms with E-state index in [4.69, 9.17) is 5.73 Å². The number of nitrogen functional groups attached to an aromatic ring is 1. The van der Waals surface area contributed by atoms with Crippen LogP contribution in [0.2, 0.25) is 0 Å². The number of amides is 1. The molecular weight excluding hydrogens is 336 g/mol. The molecule has 1 amide bonds. The summed E-state index contributed by atoms with van der Waals surface area (Å²) in [6.07, 6.45) is 10.2. The summed E-state index contributed by atoms with van der Waals surface area (Å²) in [5.74, 6) is 0.847. The van der Waals surface area contributed by atoms with E-state index in [1.54, 1.807) is 0 Å². The van der Waals surface area contributed by atoms with Gasteiger partial charge in [-0.3, -0.25) is 4.79 Å². The quantitative estimate of drug-likeness (QED) is 0.755. The Hall–Kier alpha value is -1.75. The molecule has 0 bridgehead atoms. The van der Waals surface area contributed by atoms with E-state index in [1.165, 1.54) is 58.2 Å². The number of hydrogen-bond donors (Lipinski definition) is 2. The molecule has 0 radical (unpaired) electrons. The number of likely N-dealkylation sites (tertiary alicyclic amines) is 1. The molecule has 1 saturated carbocycles. The number of hydrogen-bond acceptors (Lipinski definition) is 4. The van der Waals surface area contributed by atoms with Crippen LogP contribution < -0.4 is 16.0 Å². The molecule has 3 aliphatic rings. The molecule has 3 N–H and O–H groups in total. The number of anilines is 2. The lowest BCUT2D eigenvalue weighted by molar-refractivity contribution is 0.0951. The molecule has 1 aliphatic carbocycles. The van der Waals surface area contributed by atoms with Gasteiger partial charge in [0, 0.05) is 24.7 Å². The Kier molecular flexibility index (Phi) is 5.86. The number of piperidine rings is 2. The Labute approximate surface area is 163 Å². The van der Waals surface area contributed by atoms with Crippen LogP contribution in [0.15, 0.2) is 18.2 Å². The van der Waals surface area contributed by atoms with E-state index in [0.29, 0.717) is 11.6 Å². The second kappa shape index (κ2) is 8.51. The lowest BCUT2D eigenvalue weighted by atomic mass is 9.92. The van der Waals surface area contributed by atoms with E-state index in [9.17, 15) is 4.79 Å². The van der Waals surface area contributed by atoms with Gasteiger partial charge in [-0.15, -0.1) is 0 Å². The topological polar surface area (TPSA) is 61.6 Å². The van der Waals surface area contributed by atoms with Gasteiger partial charge in [-0.25, -0.2) is 0 Å². The summed E-state index contributed by atoms with van der Waals surface area (Å²) in [7, 11) is 0. The van der Waals surface area contributed by atoms with Crippen molar-refractivity contribution >= 4 is 17.3 Å². The summed E-state index contributed by atoms with van der Waals surface area (Å²) in [5, 5.41) is 3.03. The molecule has 0 unspecified atom stereocenters. The van der Waals surface area contributed by atoms with Crippen LogP contribution >= 0.6 is 0 Å². The highest BCUT2D eigenvalue weighted by atomic mass is 16.1. The van der Waals surface area contributed by atoms with E-state index in [1.807, 2.05) is 18.2 Å². The minimum atomic E-state index is 0.00664. The average molecular weight is 371 g/mol. The number of carbonyl (C=O) groups is 1. The zero-order valence-corrected chi connectivity index (χ0v) is 16.5. The van der Waals surface area contributed by atoms with Gasteiger partial charge in [-0.1, -0.05) is 6.42 Å². The molecule has 1 aromatic carbocycles. The van der Waals surface area contributed by atoms with Gasteiger partial charge >= 0.3 is 0 Å². The van der Waals surface area contributed by atoms with Crippen molar-refractivity contribution in [1.82, 2.24) is 10.2 Å². The van der Waals surface area contributed by atoms with Crippen LogP contribution in [0.5, 0.6) is 0 Å². The summed E-state index contributed by atoms with van der Waals surface area (Å²) < 4.78 is 0. The summed E-state index contributed by atoms with van der Waals surface area (Å²) in [6.45, 7) is 6.02. The molecular formula is C22H34N4O. The molecule has 148 valence electrons. The normalized spacial score (nSPS) is 22.0. The number of benzene rings is 1. The highest BCUT2D eigenvalue weighted by Gasteiger charge is 2.25. The van der Waals surface area contributed by atoms with E-state index in [2.05, 4.69) is 15.1 Å². The molecule has 0 spiro atoms. The van der Waals surface area contributed by atoms with E-state index in [-0.39, 0.29) is 5.91 Å². The largest absolute Gasteiger partial charge is 0.397 e. The monoisotopic (exact) mass is 370 g/mol. The number of nitrogens with two attached hydrogens (primary N) is 1. The van der Waals surface area contributed by atoms with Gasteiger partial charge in [-0.05, 0) is 88.7 Å². The van der Waals surface area contributed by atoms with Gasteiger partial charge < -0.3 is 20.9 Å². The smallest absolute Gasteiger partial charge is 0.251 e.